The number of benzene rings is 1. The highest BCUT2D eigenvalue weighted by Crippen LogP contribution is 2.27. The molecule has 0 aliphatic carbocycles. The van der Waals surface area contributed by atoms with Gasteiger partial charge in [0.1, 0.15) is 5.75 Å². The van der Waals surface area contributed by atoms with Gasteiger partial charge < -0.3 is 10.1 Å². The molecule has 0 bridgehead atoms. The lowest BCUT2D eigenvalue weighted by Gasteiger charge is -2.16. The summed E-state index contributed by atoms with van der Waals surface area (Å²) in [7, 11) is 3.42. The van der Waals surface area contributed by atoms with Gasteiger partial charge in [0, 0.05) is 16.4 Å². The van der Waals surface area contributed by atoms with E-state index in [1.165, 1.54) is 11.3 Å². The summed E-state index contributed by atoms with van der Waals surface area (Å²) in [5.74, 6) is 0.441. The van der Waals surface area contributed by atoms with Gasteiger partial charge in [-0.1, -0.05) is 23.2 Å². The van der Waals surface area contributed by atoms with E-state index >= 15 is 0 Å². The van der Waals surface area contributed by atoms with E-state index in [0.717, 1.165) is 9.21 Å². The lowest BCUT2D eigenvalue weighted by Crippen LogP contribution is -2.29. The first kappa shape index (κ1) is 17.1. The van der Waals surface area contributed by atoms with Gasteiger partial charge in [-0.3, -0.25) is 9.69 Å². The van der Waals surface area contributed by atoms with Crippen LogP contribution in [0.1, 0.15) is 4.88 Å². The van der Waals surface area contributed by atoms with Crippen LogP contribution in [0.15, 0.2) is 30.3 Å². The molecule has 1 heterocycles. The monoisotopic (exact) mass is 358 g/mol. The molecule has 1 amide bonds. The topological polar surface area (TPSA) is 41.6 Å². The summed E-state index contributed by atoms with van der Waals surface area (Å²) in [5, 5.41) is 3.35. The zero-order valence-corrected chi connectivity index (χ0v) is 14.6. The molecule has 4 nitrogen and oxygen atoms in total. The molecule has 22 heavy (non-hydrogen) atoms. The summed E-state index contributed by atoms with van der Waals surface area (Å²) in [6, 6.07) is 8.91. The summed E-state index contributed by atoms with van der Waals surface area (Å²) in [6.45, 7) is 0.919. The number of nitrogens with zero attached hydrogens (tertiary/aromatic N) is 1. The van der Waals surface area contributed by atoms with Crippen molar-refractivity contribution in [3.8, 4) is 5.75 Å². The van der Waals surface area contributed by atoms with Crippen LogP contribution in [0.25, 0.3) is 0 Å². The minimum atomic E-state index is -0.134. The van der Waals surface area contributed by atoms with Crippen LogP contribution in [-0.2, 0) is 11.3 Å². The second-order valence-electron chi connectivity index (χ2n) is 4.77. The standard InChI is InChI=1S/C15H16Cl2N2O2S/c1-19(8-11-4-6-14(17)22-11)9-15(20)18-12-7-10(16)3-5-13(12)21-2/h3-7H,8-9H2,1-2H3,(H,18,20). The third-order valence-electron chi connectivity index (χ3n) is 2.90. The second kappa shape index (κ2) is 7.83. The second-order valence-corrected chi connectivity index (χ2v) is 7.01. The molecular formula is C15H16Cl2N2O2S. The molecule has 0 atom stereocenters. The molecule has 1 aromatic carbocycles. The average Bonchev–Trinajstić information content (AvgIpc) is 2.83. The predicted molar refractivity (Wildman–Crippen MR) is 92.3 cm³/mol. The third kappa shape index (κ3) is 4.88. The molecule has 0 unspecified atom stereocenters. The van der Waals surface area contributed by atoms with Crippen LogP contribution in [0.4, 0.5) is 5.69 Å². The van der Waals surface area contributed by atoms with Crippen LogP contribution in [0.5, 0.6) is 5.75 Å². The SMILES string of the molecule is COc1ccc(Cl)cc1NC(=O)CN(C)Cc1ccc(Cl)s1. The number of anilines is 1. The van der Waals surface area contributed by atoms with Crippen molar-refractivity contribution in [2.75, 3.05) is 26.0 Å². The van der Waals surface area contributed by atoms with Crippen molar-refractivity contribution >= 4 is 46.1 Å². The van der Waals surface area contributed by atoms with Gasteiger partial charge >= 0.3 is 0 Å². The Labute approximate surface area is 143 Å². The van der Waals surface area contributed by atoms with Crippen LogP contribution < -0.4 is 10.1 Å². The van der Waals surface area contributed by atoms with E-state index < -0.39 is 0 Å². The third-order valence-corrected chi connectivity index (χ3v) is 4.35. The Morgan fingerprint density at radius 1 is 1.32 bits per heavy atom. The smallest absolute Gasteiger partial charge is 0.238 e. The number of ether oxygens (including phenoxy) is 1. The zero-order chi connectivity index (χ0) is 16.1. The zero-order valence-electron chi connectivity index (χ0n) is 12.2. The molecule has 0 aliphatic heterocycles. The highest BCUT2D eigenvalue weighted by atomic mass is 35.5. The Morgan fingerprint density at radius 2 is 2.09 bits per heavy atom. The molecular weight excluding hydrogens is 343 g/mol. The molecule has 2 rings (SSSR count). The van der Waals surface area contributed by atoms with E-state index in [2.05, 4.69) is 5.32 Å². The maximum absolute atomic E-state index is 12.1. The van der Waals surface area contributed by atoms with Crippen LogP contribution in [0.2, 0.25) is 9.36 Å². The molecule has 118 valence electrons. The van der Waals surface area contributed by atoms with E-state index in [4.69, 9.17) is 27.9 Å². The number of thiophene rings is 1. The lowest BCUT2D eigenvalue weighted by molar-refractivity contribution is -0.117. The van der Waals surface area contributed by atoms with Crippen molar-refractivity contribution in [2.45, 2.75) is 6.54 Å². The van der Waals surface area contributed by atoms with Gasteiger partial charge in [0.2, 0.25) is 5.91 Å². The quantitative estimate of drug-likeness (QED) is 0.843. The number of halogens is 2. The number of likely N-dealkylation sites (N-methyl/N-ethyl adjacent to an activating group) is 1. The fraction of sp³-hybridized carbons (Fsp3) is 0.267. The first-order valence-electron chi connectivity index (χ1n) is 6.54. The van der Waals surface area contributed by atoms with Crippen molar-refractivity contribution in [1.82, 2.24) is 4.90 Å². The van der Waals surface area contributed by atoms with Gasteiger partial charge in [-0.25, -0.2) is 0 Å². The van der Waals surface area contributed by atoms with E-state index in [9.17, 15) is 4.79 Å². The highest BCUT2D eigenvalue weighted by molar-refractivity contribution is 7.16. The van der Waals surface area contributed by atoms with E-state index in [-0.39, 0.29) is 12.5 Å². The number of nitrogens with one attached hydrogen (secondary N) is 1. The summed E-state index contributed by atoms with van der Waals surface area (Å²) < 4.78 is 5.95. The number of rotatable bonds is 6. The maximum atomic E-state index is 12.1. The predicted octanol–water partition coefficient (Wildman–Crippen LogP) is 4.13. The van der Waals surface area contributed by atoms with Gasteiger partial charge in [-0.05, 0) is 37.4 Å². The van der Waals surface area contributed by atoms with Gasteiger partial charge in [0.15, 0.2) is 0 Å². The van der Waals surface area contributed by atoms with Crippen molar-refractivity contribution in [1.29, 1.82) is 0 Å². The fourth-order valence-electron chi connectivity index (χ4n) is 1.97. The molecule has 1 aromatic heterocycles. The van der Waals surface area contributed by atoms with Crippen LogP contribution in [-0.4, -0.2) is 31.5 Å². The molecule has 0 saturated carbocycles. The number of carbonyl (C=O) groups is 1. The Kier molecular flexibility index (Phi) is 6.08. The largest absolute Gasteiger partial charge is 0.495 e. The molecule has 7 heteroatoms. The van der Waals surface area contributed by atoms with Crippen LogP contribution in [0, 0.1) is 0 Å². The Hall–Kier alpha value is -1.27. The van der Waals surface area contributed by atoms with Crippen molar-refractivity contribution in [3.63, 3.8) is 0 Å². The van der Waals surface area contributed by atoms with Crippen LogP contribution >= 0.6 is 34.5 Å². The number of amides is 1. The summed E-state index contributed by atoms with van der Waals surface area (Å²) >= 11 is 13.4. The fourth-order valence-corrected chi connectivity index (χ4v) is 3.31. The van der Waals surface area contributed by atoms with E-state index in [1.807, 2.05) is 24.1 Å². The minimum Gasteiger partial charge on any atom is -0.495 e. The number of hydrogen-bond donors (Lipinski definition) is 1. The van der Waals surface area contributed by atoms with E-state index in [0.29, 0.717) is 23.0 Å². The van der Waals surface area contributed by atoms with Crippen molar-refractivity contribution < 1.29 is 9.53 Å². The van der Waals surface area contributed by atoms with E-state index in [1.54, 1.807) is 25.3 Å². The maximum Gasteiger partial charge on any atom is 0.238 e. The van der Waals surface area contributed by atoms with Gasteiger partial charge in [-0.2, -0.15) is 0 Å². The Balaban J connectivity index is 1.93. The Bertz CT molecular complexity index is 661. The van der Waals surface area contributed by atoms with Crippen molar-refractivity contribution in [3.05, 3.63) is 44.6 Å². The number of methoxy groups -OCH3 is 1. The summed E-state index contributed by atoms with van der Waals surface area (Å²) in [5.41, 5.74) is 0.563. The molecule has 0 fully saturated rings. The van der Waals surface area contributed by atoms with Crippen molar-refractivity contribution in [2.24, 2.45) is 0 Å². The average molecular weight is 359 g/mol. The van der Waals surface area contributed by atoms with Gasteiger partial charge in [0.25, 0.3) is 0 Å². The number of carbonyl (C=O) groups excluding carboxylic acids is 1. The molecule has 1 N–H and O–H groups in total. The molecule has 2 aromatic rings. The summed E-state index contributed by atoms with van der Waals surface area (Å²) in [4.78, 5) is 15.1. The molecule has 0 radical (unpaired) electrons. The minimum absolute atomic E-state index is 0.134. The normalized spacial score (nSPS) is 10.8. The first-order chi connectivity index (χ1) is 10.5. The van der Waals surface area contributed by atoms with Gasteiger partial charge in [-0.15, -0.1) is 11.3 Å². The van der Waals surface area contributed by atoms with Crippen LogP contribution in [0.3, 0.4) is 0 Å². The summed E-state index contributed by atoms with van der Waals surface area (Å²) in [6.07, 6.45) is 0. The molecule has 0 aliphatic rings. The Morgan fingerprint density at radius 3 is 2.73 bits per heavy atom. The lowest BCUT2D eigenvalue weighted by atomic mass is 10.3. The number of hydrogen-bond acceptors (Lipinski definition) is 4. The molecule has 0 saturated heterocycles. The highest BCUT2D eigenvalue weighted by Gasteiger charge is 2.11. The first-order valence-corrected chi connectivity index (χ1v) is 8.11. The molecule has 0 spiro atoms. The van der Waals surface area contributed by atoms with Gasteiger partial charge in [0.05, 0.1) is 23.7 Å².